The molecule has 0 heterocycles. The first-order valence-corrected chi connectivity index (χ1v) is 7.26. The fraction of sp³-hybridized carbons (Fsp3) is 1.00. The third kappa shape index (κ3) is 12.6. The maximum absolute atomic E-state index is 2.51. The second kappa shape index (κ2) is 13.6. The average Bonchev–Trinajstić information content (AvgIpc) is 2.23. The van der Waals surface area contributed by atoms with Crippen molar-refractivity contribution < 1.29 is 0 Å². The van der Waals surface area contributed by atoms with Crippen LogP contribution in [0.3, 0.4) is 0 Å². The van der Waals surface area contributed by atoms with Gasteiger partial charge in [-0.2, -0.15) is 0 Å². The van der Waals surface area contributed by atoms with Crippen LogP contribution in [0.2, 0.25) is 5.09 Å². The summed E-state index contributed by atoms with van der Waals surface area (Å²) in [6.45, 7) is 14.7. The van der Waals surface area contributed by atoms with Gasteiger partial charge in [0.1, 0.15) is 0 Å². The summed E-state index contributed by atoms with van der Waals surface area (Å²) in [6.07, 6.45) is 5.54. The second-order valence-corrected chi connectivity index (χ2v) is 5.13. The maximum atomic E-state index is 2.51. The molecular formula is C14H32LiN. The van der Waals surface area contributed by atoms with Crippen LogP contribution in [-0.4, -0.2) is 41.2 Å². The first-order chi connectivity index (χ1) is 7.51. The van der Waals surface area contributed by atoms with Crippen LogP contribution in [-0.2, 0) is 0 Å². The Bertz CT molecular complexity index is 112. The second-order valence-electron chi connectivity index (χ2n) is 5.13. The van der Waals surface area contributed by atoms with Crippen LogP contribution in [0.25, 0.3) is 0 Å². The molecule has 0 aromatic carbocycles. The van der Waals surface area contributed by atoms with Gasteiger partial charge in [0.05, 0.1) is 0 Å². The van der Waals surface area contributed by atoms with E-state index in [0.29, 0.717) is 12.1 Å². The fourth-order valence-electron chi connectivity index (χ4n) is 1.87. The Morgan fingerprint density at radius 2 is 1.25 bits per heavy atom. The van der Waals surface area contributed by atoms with Gasteiger partial charge in [-0.1, -0.05) is 39.5 Å². The van der Waals surface area contributed by atoms with Crippen LogP contribution in [0, 0.1) is 0 Å². The van der Waals surface area contributed by atoms with E-state index in [0.717, 1.165) is 0 Å². The molecule has 0 aliphatic heterocycles. The Morgan fingerprint density at radius 1 is 0.875 bits per heavy atom. The predicted octanol–water partition coefficient (Wildman–Crippen LogP) is 4.28. The Balaban J connectivity index is 0. The van der Waals surface area contributed by atoms with Crippen molar-refractivity contribution in [2.75, 3.05) is 6.54 Å². The molecule has 0 saturated carbocycles. The molecule has 0 N–H and O–H groups in total. The molecule has 0 rings (SSSR count). The van der Waals surface area contributed by atoms with Gasteiger partial charge in [-0.25, -0.2) is 0 Å². The molecule has 0 aliphatic carbocycles. The molecule has 0 fully saturated rings. The zero-order chi connectivity index (χ0) is 13.0. The Hall–Kier alpha value is 0.557. The van der Waals surface area contributed by atoms with E-state index in [1.807, 2.05) is 0 Å². The fourth-order valence-corrected chi connectivity index (χ4v) is 1.87. The van der Waals surface area contributed by atoms with Gasteiger partial charge in [-0.05, 0) is 0 Å². The van der Waals surface area contributed by atoms with Gasteiger partial charge in [-0.15, -0.1) is 0 Å². The van der Waals surface area contributed by atoms with Gasteiger partial charge in [0.25, 0.3) is 0 Å². The van der Waals surface area contributed by atoms with Crippen molar-refractivity contribution in [3.8, 4) is 0 Å². The van der Waals surface area contributed by atoms with Crippen molar-refractivity contribution in [3.63, 3.8) is 0 Å². The zero-order valence-electron chi connectivity index (χ0n) is 12.8. The summed E-state index contributed by atoms with van der Waals surface area (Å²) in [7, 11) is 0. The predicted molar refractivity (Wildman–Crippen MR) is 77.4 cm³/mol. The molecule has 0 aliphatic rings. The number of rotatable bonds is 7. The van der Waals surface area contributed by atoms with Crippen molar-refractivity contribution in [1.29, 1.82) is 0 Å². The van der Waals surface area contributed by atoms with E-state index in [-0.39, 0.29) is 0 Å². The van der Waals surface area contributed by atoms with Crippen molar-refractivity contribution >= 4 is 17.7 Å². The SMILES string of the molecule is CCCCCC.[Li][CH2]CN(C(C)C)C(C)C. The van der Waals surface area contributed by atoms with E-state index in [2.05, 4.69) is 64.2 Å². The summed E-state index contributed by atoms with van der Waals surface area (Å²) < 4.78 is 0. The first kappa shape index (κ1) is 18.9. The molecule has 16 heavy (non-hydrogen) atoms. The molecule has 0 radical (unpaired) electrons. The number of nitrogens with zero attached hydrogens (tertiary/aromatic N) is 1. The average molecular weight is 221 g/mol. The molecule has 0 atom stereocenters. The van der Waals surface area contributed by atoms with E-state index in [4.69, 9.17) is 0 Å². The summed E-state index contributed by atoms with van der Waals surface area (Å²) in [5.41, 5.74) is 0. The minimum atomic E-state index is 0.694. The van der Waals surface area contributed by atoms with Crippen molar-refractivity contribution in [2.45, 2.75) is 84.4 Å². The molecule has 0 aromatic rings. The number of hydrogen-bond donors (Lipinski definition) is 0. The third-order valence-corrected chi connectivity index (χ3v) is 2.77. The summed E-state index contributed by atoms with van der Waals surface area (Å²) in [4.78, 5) is 2.51. The molecular weight excluding hydrogens is 189 g/mol. The number of hydrogen-bond acceptors (Lipinski definition) is 1. The monoisotopic (exact) mass is 221 g/mol. The van der Waals surface area contributed by atoms with Gasteiger partial charge in [0.2, 0.25) is 0 Å². The van der Waals surface area contributed by atoms with E-state index >= 15 is 0 Å². The summed E-state index contributed by atoms with van der Waals surface area (Å²) in [6, 6.07) is 1.39. The van der Waals surface area contributed by atoms with Crippen LogP contribution in [0.1, 0.15) is 67.2 Å². The normalized spacial score (nSPS) is 10.9. The van der Waals surface area contributed by atoms with Crippen LogP contribution >= 0.6 is 0 Å². The van der Waals surface area contributed by atoms with Crippen molar-refractivity contribution in [1.82, 2.24) is 4.90 Å². The van der Waals surface area contributed by atoms with Gasteiger partial charge in [-0.3, -0.25) is 0 Å². The molecule has 1 nitrogen and oxygen atoms in total. The van der Waals surface area contributed by atoms with Crippen LogP contribution in [0.15, 0.2) is 0 Å². The summed E-state index contributed by atoms with van der Waals surface area (Å²) >= 11 is 2.23. The zero-order valence-corrected chi connectivity index (χ0v) is 12.8. The minimum absolute atomic E-state index is 0.694. The standard InChI is InChI=1S/C8H18N.C6H14.Li/c1-6-9(7(2)3)8(4)5;1-3-5-6-4-2;/h7-8H,1,6H2,2-5H3;3-6H2,1-2H3;. The molecule has 0 unspecified atom stereocenters. The van der Waals surface area contributed by atoms with Gasteiger partial charge >= 0.3 is 74.0 Å². The Labute approximate surface area is 114 Å². The molecule has 0 aromatic heterocycles. The topological polar surface area (TPSA) is 3.24 Å². The van der Waals surface area contributed by atoms with Crippen molar-refractivity contribution in [2.24, 2.45) is 0 Å². The summed E-state index contributed by atoms with van der Waals surface area (Å²) in [5.74, 6) is 0. The van der Waals surface area contributed by atoms with Gasteiger partial charge in [0.15, 0.2) is 0 Å². The van der Waals surface area contributed by atoms with Crippen LogP contribution in [0.5, 0.6) is 0 Å². The van der Waals surface area contributed by atoms with E-state index in [1.165, 1.54) is 37.3 Å². The Morgan fingerprint density at radius 3 is 1.38 bits per heavy atom. The van der Waals surface area contributed by atoms with E-state index in [9.17, 15) is 0 Å². The van der Waals surface area contributed by atoms with Crippen LogP contribution < -0.4 is 0 Å². The summed E-state index contributed by atoms with van der Waals surface area (Å²) in [5, 5.41) is 1.26. The molecule has 0 saturated heterocycles. The molecule has 2 heteroatoms. The van der Waals surface area contributed by atoms with E-state index < -0.39 is 0 Å². The first-order valence-electron chi connectivity index (χ1n) is 7.26. The molecule has 0 spiro atoms. The van der Waals surface area contributed by atoms with Gasteiger partial charge in [0, 0.05) is 0 Å². The Kier molecular flexibility index (Phi) is 16.1. The third-order valence-electron chi connectivity index (χ3n) is 2.77. The quantitative estimate of drug-likeness (QED) is 0.458. The molecule has 94 valence electrons. The molecule has 0 amide bonds. The van der Waals surface area contributed by atoms with Crippen molar-refractivity contribution in [3.05, 3.63) is 0 Å². The van der Waals surface area contributed by atoms with Gasteiger partial charge < -0.3 is 0 Å². The van der Waals surface area contributed by atoms with E-state index in [1.54, 1.807) is 0 Å². The van der Waals surface area contributed by atoms with Crippen LogP contribution in [0.4, 0.5) is 0 Å². The molecule has 0 bridgehead atoms. The number of unbranched alkanes of at least 4 members (excludes halogenated alkanes) is 3.